The molecule has 65 heavy (non-hydrogen) atoms. The molecule has 0 radical (unpaired) electrons. The summed E-state index contributed by atoms with van der Waals surface area (Å²) in [6.45, 7) is 3.76. The summed E-state index contributed by atoms with van der Waals surface area (Å²) in [5.74, 6) is -0.817. The highest BCUT2D eigenvalue weighted by Gasteiger charge is 2.26. The molecule has 0 aromatic heterocycles. The highest BCUT2D eigenvalue weighted by molar-refractivity contribution is 7.47. The molecule has 9 nitrogen and oxygen atoms in total. The number of allylic oxidation sites excluding steroid dienone is 4. The van der Waals surface area contributed by atoms with E-state index in [1.165, 1.54) is 199 Å². The van der Waals surface area contributed by atoms with E-state index in [1.54, 1.807) is 0 Å². The van der Waals surface area contributed by atoms with Gasteiger partial charge in [0.05, 0.1) is 13.2 Å². The van der Waals surface area contributed by atoms with E-state index in [-0.39, 0.29) is 38.6 Å². The van der Waals surface area contributed by atoms with Gasteiger partial charge in [-0.3, -0.25) is 18.6 Å². The van der Waals surface area contributed by atoms with Crippen LogP contribution in [0.2, 0.25) is 0 Å². The van der Waals surface area contributed by atoms with Crippen molar-refractivity contribution in [2.45, 2.75) is 290 Å². The van der Waals surface area contributed by atoms with Gasteiger partial charge in [-0.15, -0.1) is 0 Å². The van der Waals surface area contributed by atoms with E-state index in [0.717, 1.165) is 51.4 Å². The zero-order valence-electron chi connectivity index (χ0n) is 42.7. The summed E-state index contributed by atoms with van der Waals surface area (Å²) in [5.41, 5.74) is 5.38. The van der Waals surface area contributed by atoms with E-state index in [1.807, 2.05) is 0 Å². The number of carbonyl (C=O) groups excluding carboxylic acids is 2. The molecule has 0 saturated heterocycles. The van der Waals surface area contributed by atoms with Crippen molar-refractivity contribution >= 4 is 19.8 Å². The Labute approximate surface area is 402 Å². The number of unbranched alkanes of at least 4 members (excludes halogenated alkanes) is 36. The minimum Gasteiger partial charge on any atom is -0.462 e. The summed E-state index contributed by atoms with van der Waals surface area (Å²) in [6, 6.07) is 0. The third-order valence-electron chi connectivity index (χ3n) is 12.3. The molecule has 3 N–H and O–H groups in total. The van der Waals surface area contributed by atoms with Crippen molar-refractivity contribution in [3.63, 3.8) is 0 Å². The van der Waals surface area contributed by atoms with Crippen LogP contribution in [0.3, 0.4) is 0 Å². The Morgan fingerprint density at radius 3 is 1.20 bits per heavy atom. The van der Waals surface area contributed by atoms with Crippen LogP contribution in [0.15, 0.2) is 24.3 Å². The monoisotopic (exact) mass is 940 g/mol. The number of hydrogen-bond acceptors (Lipinski definition) is 8. The maximum absolute atomic E-state index is 12.7. The fourth-order valence-electron chi connectivity index (χ4n) is 8.20. The zero-order chi connectivity index (χ0) is 47.4. The van der Waals surface area contributed by atoms with Crippen LogP contribution >= 0.6 is 7.82 Å². The maximum atomic E-state index is 12.7. The van der Waals surface area contributed by atoms with Crippen LogP contribution < -0.4 is 5.73 Å². The van der Waals surface area contributed by atoms with Crippen molar-refractivity contribution in [2.24, 2.45) is 5.73 Å². The first-order valence-electron chi connectivity index (χ1n) is 27.8. The van der Waals surface area contributed by atoms with E-state index in [2.05, 4.69) is 38.2 Å². The van der Waals surface area contributed by atoms with Gasteiger partial charge in [-0.25, -0.2) is 4.57 Å². The molecule has 0 aliphatic carbocycles. The van der Waals surface area contributed by atoms with Gasteiger partial charge in [0.1, 0.15) is 6.61 Å². The smallest absolute Gasteiger partial charge is 0.462 e. The van der Waals surface area contributed by atoms with E-state index < -0.39 is 26.5 Å². The van der Waals surface area contributed by atoms with Gasteiger partial charge in [0, 0.05) is 19.4 Å². The third kappa shape index (κ3) is 51.7. The predicted molar refractivity (Wildman–Crippen MR) is 275 cm³/mol. The first kappa shape index (κ1) is 63.5. The average molecular weight is 940 g/mol. The molecule has 2 unspecified atom stereocenters. The molecule has 0 amide bonds. The lowest BCUT2D eigenvalue weighted by Gasteiger charge is -2.19. The van der Waals surface area contributed by atoms with E-state index >= 15 is 0 Å². The molecule has 2 atom stereocenters. The fraction of sp³-hybridized carbons (Fsp3) is 0.891. The van der Waals surface area contributed by atoms with Gasteiger partial charge in [0.15, 0.2) is 6.10 Å². The SMILES string of the molecule is CCCCC/C=C\C/C=C\CCCCCCCCCCCC(=O)OC(COC(=O)CCCCCCCCCCCCCCCCCCCCCCCCCCC)COP(=O)(O)OCCN. The number of carbonyl (C=O) groups is 2. The quantitative estimate of drug-likeness (QED) is 0.0264. The molecule has 0 heterocycles. The van der Waals surface area contributed by atoms with Crippen LogP contribution in [0.5, 0.6) is 0 Å². The second-order valence-electron chi connectivity index (χ2n) is 18.8. The molecular formula is C55H106NO8P. The van der Waals surface area contributed by atoms with Crippen molar-refractivity contribution in [1.82, 2.24) is 0 Å². The Morgan fingerprint density at radius 1 is 0.462 bits per heavy atom. The summed E-state index contributed by atoms with van der Waals surface area (Å²) < 4.78 is 33.0. The maximum Gasteiger partial charge on any atom is 0.472 e. The Hall–Kier alpha value is -1.51. The molecular weight excluding hydrogens is 834 g/mol. The molecule has 0 bridgehead atoms. The lowest BCUT2D eigenvalue weighted by atomic mass is 10.0. The molecule has 0 fully saturated rings. The molecule has 0 aliphatic heterocycles. The van der Waals surface area contributed by atoms with Gasteiger partial charge in [-0.05, 0) is 44.9 Å². The van der Waals surface area contributed by atoms with Crippen LogP contribution in [-0.2, 0) is 32.7 Å². The van der Waals surface area contributed by atoms with E-state index in [0.29, 0.717) is 6.42 Å². The second-order valence-corrected chi connectivity index (χ2v) is 20.3. The normalized spacial score (nSPS) is 13.2. The zero-order valence-corrected chi connectivity index (χ0v) is 43.6. The third-order valence-corrected chi connectivity index (χ3v) is 13.3. The minimum atomic E-state index is -4.38. The van der Waals surface area contributed by atoms with Gasteiger partial charge in [0.25, 0.3) is 0 Å². The largest absolute Gasteiger partial charge is 0.472 e. The molecule has 0 aliphatic rings. The Kier molecular flexibility index (Phi) is 50.7. The number of hydrogen-bond donors (Lipinski definition) is 2. The van der Waals surface area contributed by atoms with Gasteiger partial charge in [0.2, 0.25) is 0 Å². The van der Waals surface area contributed by atoms with E-state index in [4.69, 9.17) is 24.3 Å². The summed E-state index contributed by atoms with van der Waals surface area (Å²) in [6.07, 6.45) is 59.4. The molecule has 10 heteroatoms. The van der Waals surface area contributed by atoms with Crippen LogP contribution in [0.25, 0.3) is 0 Å². The van der Waals surface area contributed by atoms with Crippen molar-refractivity contribution in [3.05, 3.63) is 24.3 Å². The number of phosphoric ester groups is 1. The van der Waals surface area contributed by atoms with Crippen molar-refractivity contribution in [3.8, 4) is 0 Å². The van der Waals surface area contributed by atoms with Gasteiger partial charge in [-0.2, -0.15) is 0 Å². The number of nitrogens with two attached hydrogens (primary N) is 1. The number of esters is 2. The van der Waals surface area contributed by atoms with E-state index in [9.17, 15) is 19.0 Å². The van der Waals surface area contributed by atoms with Crippen LogP contribution in [0.1, 0.15) is 284 Å². The summed E-state index contributed by atoms with van der Waals surface area (Å²) in [4.78, 5) is 35.1. The lowest BCUT2D eigenvalue weighted by molar-refractivity contribution is -0.161. The van der Waals surface area contributed by atoms with Crippen LogP contribution in [-0.4, -0.2) is 49.3 Å². The lowest BCUT2D eigenvalue weighted by Crippen LogP contribution is -2.29. The molecule has 0 spiro atoms. The highest BCUT2D eigenvalue weighted by atomic mass is 31.2. The Balaban J connectivity index is 3.94. The van der Waals surface area contributed by atoms with Gasteiger partial charge >= 0.3 is 19.8 Å². The highest BCUT2D eigenvalue weighted by Crippen LogP contribution is 2.43. The summed E-state index contributed by atoms with van der Waals surface area (Å²) >= 11 is 0. The minimum absolute atomic E-state index is 0.0547. The number of rotatable bonds is 53. The fourth-order valence-corrected chi connectivity index (χ4v) is 8.96. The Morgan fingerprint density at radius 2 is 0.800 bits per heavy atom. The summed E-state index contributed by atoms with van der Waals surface area (Å²) in [5, 5.41) is 0. The average Bonchev–Trinajstić information content (AvgIpc) is 3.30. The van der Waals surface area contributed by atoms with Crippen molar-refractivity contribution in [1.29, 1.82) is 0 Å². The first-order valence-corrected chi connectivity index (χ1v) is 29.3. The van der Waals surface area contributed by atoms with Crippen LogP contribution in [0.4, 0.5) is 0 Å². The molecule has 0 rings (SSSR count). The van der Waals surface area contributed by atoms with Gasteiger partial charge in [-0.1, -0.05) is 250 Å². The topological polar surface area (TPSA) is 134 Å². The molecule has 0 aromatic rings. The molecule has 384 valence electrons. The van der Waals surface area contributed by atoms with Gasteiger partial charge < -0.3 is 20.1 Å². The predicted octanol–water partition coefficient (Wildman–Crippen LogP) is 17.1. The first-order chi connectivity index (χ1) is 31.8. The molecule has 0 saturated carbocycles. The van der Waals surface area contributed by atoms with Crippen molar-refractivity contribution < 1.29 is 37.6 Å². The van der Waals surface area contributed by atoms with Crippen LogP contribution in [0, 0.1) is 0 Å². The standard InChI is InChI=1S/C55H106NO8P/c1-3-5-7-9-11-13-15-17-19-21-23-24-25-26-27-28-30-31-33-35-37-39-41-43-45-47-54(57)61-51-53(52-63-65(59,60)62-50-49-56)64-55(58)48-46-44-42-40-38-36-34-32-29-22-20-18-16-14-12-10-8-6-4-2/h12,14,18,20,53H,3-11,13,15-17,19,21-52,56H2,1-2H3,(H,59,60)/b14-12-,20-18-. The Bertz CT molecular complexity index is 1120. The number of ether oxygens (including phenoxy) is 2. The van der Waals surface area contributed by atoms with Crippen molar-refractivity contribution in [2.75, 3.05) is 26.4 Å². The second kappa shape index (κ2) is 51.9. The summed E-state index contributed by atoms with van der Waals surface area (Å²) in [7, 11) is -4.38. The molecule has 0 aromatic carbocycles. The number of phosphoric acid groups is 1.